The molecular weight excluding hydrogens is 406 g/mol. The van der Waals surface area contributed by atoms with E-state index in [1.165, 1.54) is 11.1 Å². The van der Waals surface area contributed by atoms with Crippen molar-refractivity contribution >= 4 is 5.91 Å². The molecule has 0 unspecified atom stereocenters. The average molecular weight is 442 g/mol. The summed E-state index contributed by atoms with van der Waals surface area (Å²) in [7, 11) is 1.99. The predicted octanol–water partition coefficient (Wildman–Crippen LogP) is 3.78. The molecule has 3 aromatic carbocycles. The van der Waals surface area contributed by atoms with Gasteiger partial charge in [-0.3, -0.25) is 4.79 Å². The van der Waals surface area contributed by atoms with E-state index in [1.54, 1.807) is 0 Å². The van der Waals surface area contributed by atoms with Gasteiger partial charge in [-0.05, 0) is 67.6 Å². The summed E-state index contributed by atoms with van der Waals surface area (Å²) in [5, 5.41) is 3.20. The first kappa shape index (κ1) is 23.2. The van der Waals surface area contributed by atoms with E-state index >= 15 is 0 Å². The van der Waals surface area contributed by atoms with Gasteiger partial charge in [0.05, 0.1) is 0 Å². The number of amides is 1. The van der Waals surface area contributed by atoms with Crippen molar-refractivity contribution in [2.45, 2.75) is 24.7 Å². The molecule has 0 aromatic heterocycles. The third-order valence-corrected chi connectivity index (χ3v) is 7.14. The lowest BCUT2D eigenvalue weighted by atomic mass is 9.64. The molecule has 172 valence electrons. The predicted molar refractivity (Wildman–Crippen MR) is 135 cm³/mol. The van der Waals surface area contributed by atoms with E-state index in [9.17, 15) is 4.79 Å². The normalized spacial score (nSPS) is 16.7. The van der Waals surface area contributed by atoms with Crippen molar-refractivity contribution in [2.24, 2.45) is 11.7 Å². The Morgan fingerprint density at radius 2 is 1.45 bits per heavy atom. The van der Waals surface area contributed by atoms with Crippen molar-refractivity contribution in [2.75, 3.05) is 33.2 Å². The number of benzene rings is 3. The van der Waals surface area contributed by atoms with Gasteiger partial charge in [0, 0.05) is 13.1 Å². The molecule has 1 heterocycles. The van der Waals surface area contributed by atoms with Gasteiger partial charge in [-0.1, -0.05) is 84.9 Å². The molecule has 1 atom stereocenters. The Hall–Kier alpha value is -2.95. The molecule has 4 rings (SSSR count). The zero-order valence-corrected chi connectivity index (χ0v) is 19.5. The first-order valence-corrected chi connectivity index (χ1v) is 12.0. The molecule has 1 saturated heterocycles. The molecule has 1 fully saturated rings. The Labute approximate surface area is 197 Å². The highest BCUT2D eigenvalue weighted by atomic mass is 16.1. The molecule has 0 saturated carbocycles. The van der Waals surface area contributed by atoms with Crippen molar-refractivity contribution in [3.05, 3.63) is 107 Å². The van der Waals surface area contributed by atoms with Crippen LogP contribution in [0.5, 0.6) is 0 Å². The lowest BCUT2D eigenvalue weighted by molar-refractivity contribution is -0.123. The van der Waals surface area contributed by atoms with Gasteiger partial charge >= 0.3 is 0 Å². The standard InChI is InChI=1S/C29H35N3O/c1-31-19-16-23-12-14-24(15-13-23)17-20-32-21-18-27(22-32)29(28(30)33,25-8-4-2-5-9-25)26-10-6-3-7-11-26/h2-15,27,31H,16-22H2,1H3,(H2,30,33)/t27-/m1/s1. The highest BCUT2D eigenvalue weighted by Crippen LogP contribution is 2.43. The molecular formula is C29H35N3O. The largest absolute Gasteiger partial charge is 0.369 e. The monoisotopic (exact) mass is 441 g/mol. The topological polar surface area (TPSA) is 58.4 Å². The lowest BCUT2D eigenvalue weighted by Gasteiger charge is -2.37. The number of hydrogen-bond donors (Lipinski definition) is 2. The van der Waals surface area contributed by atoms with Gasteiger partial charge in [-0.2, -0.15) is 0 Å². The van der Waals surface area contributed by atoms with Gasteiger partial charge < -0.3 is 16.0 Å². The molecule has 3 aromatic rings. The van der Waals surface area contributed by atoms with E-state index in [1.807, 2.05) is 43.4 Å². The molecule has 1 aliphatic heterocycles. The number of hydrogen-bond acceptors (Lipinski definition) is 3. The van der Waals surface area contributed by atoms with E-state index in [2.05, 4.69) is 58.7 Å². The van der Waals surface area contributed by atoms with Crippen LogP contribution in [-0.4, -0.2) is 44.0 Å². The lowest BCUT2D eigenvalue weighted by Crippen LogP contribution is -2.49. The summed E-state index contributed by atoms with van der Waals surface area (Å²) in [5.74, 6) is -0.118. The van der Waals surface area contributed by atoms with Crippen molar-refractivity contribution in [1.29, 1.82) is 0 Å². The van der Waals surface area contributed by atoms with Crippen LogP contribution in [0.15, 0.2) is 84.9 Å². The fraction of sp³-hybridized carbons (Fsp3) is 0.345. The van der Waals surface area contributed by atoms with Crippen molar-refractivity contribution in [3.63, 3.8) is 0 Å². The number of nitrogens with one attached hydrogen (secondary N) is 1. The second-order valence-electron chi connectivity index (χ2n) is 9.11. The maximum Gasteiger partial charge on any atom is 0.232 e. The number of nitrogens with zero attached hydrogens (tertiary/aromatic N) is 1. The van der Waals surface area contributed by atoms with Crippen molar-refractivity contribution in [1.82, 2.24) is 10.2 Å². The van der Waals surface area contributed by atoms with Gasteiger partial charge in [0.1, 0.15) is 5.41 Å². The quantitative estimate of drug-likeness (QED) is 0.503. The summed E-state index contributed by atoms with van der Waals surface area (Å²) in [6.45, 7) is 3.84. The molecule has 3 N–H and O–H groups in total. The third kappa shape index (κ3) is 5.02. The fourth-order valence-corrected chi connectivity index (χ4v) is 5.34. The summed E-state index contributed by atoms with van der Waals surface area (Å²) >= 11 is 0. The third-order valence-electron chi connectivity index (χ3n) is 7.14. The Morgan fingerprint density at radius 1 is 0.909 bits per heavy atom. The van der Waals surface area contributed by atoms with Crippen LogP contribution in [0.1, 0.15) is 28.7 Å². The van der Waals surface area contributed by atoms with Crippen LogP contribution in [0.2, 0.25) is 0 Å². The van der Waals surface area contributed by atoms with Crippen molar-refractivity contribution < 1.29 is 4.79 Å². The van der Waals surface area contributed by atoms with E-state index in [4.69, 9.17) is 5.73 Å². The SMILES string of the molecule is CNCCc1ccc(CCN2CC[C@@H](C(C(N)=O)(c3ccccc3)c3ccccc3)C2)cc1. The first-order valence-electron chi connectivity index (χ1n) is 12.0. The van der Waals surface area contributed by atoms with Gasteiger partial charge in [0.25, 0.3) is 0 Å². The molecule has 0 bridgehead atoms. The highest BCUT2D eigenvalue weighted by molar-refractivity contribution is 5.91. The average Bonchev–Trinajstić information content (AvgIpc) is 3.33. The van der Waals surface area contributed by atoms with Gasteiger partial charge in [-0.15, -0.1) is 0 Å². The van der Waals surface area contributed by atoms with Crippen LogP contribution in [0.4, 0.5) is 0 Å². The summed E-state index contributed by atoms with van der Waals surface area (Å²) in [6.07, 6.45) is 3.02. The van der Waals surface area contributed by atoms with Crippen LogP contribution in [-0.2, 0) is 23.1 Å². The van der Waals surface area contributed by atoms with Gasteiger partial charge in [-0.25, -0.2) is 0 Å². The van der Waals surface area contributed by atoms with Crippen LogP contribution >= 0.6 is 0 Å². The minimum absolute atomic E-state index is 0.142. The van der Waals surface area contributed by atoms with Crippen LogP contribution in [0, 0.1) is 5.92 Å². The number of rotatable bonds is 10. The molecule has 0 aliphatic carbocycles. The summed E-state index contributed by atoms with van der Waals surface area (Å²) in [6, 6.07) is 29.2. The summed E-state index contributed by atoms with van der Waals surface area (Å²) in [4.78, 5) is 15.7. The first-order chi connectivity index (χ1) is 16.1. The number of primary amides is 1. The minimum atomic E-state index is -0.813. The zero-order valence-electron chi connectivity index (χ0n) is 19.5. The fourth-order valence-electron chi connectivity index (χ4n) is 5.34. The van der Waals surface area contributed by atoms with E-state index in [0.717, 1.165) is 56.6 Å². The summed E-state index contributed by atoms with van der Waals surface area (Å²) < 4.78 is 0. The van der Waals surface area contributed by atoms with E-state index < -0.39 is 5.41 Å². The maximum atomic E-state index is 13.2. The van der Waals surface area contributed by atoms with Gasteiger partial charge in [0.2, 0.25) is 5.91 Å². The molecule has 0 spiro atoms. The Morgan fingerprint density at radius 3 is 1.97 bits per heavy atom. The zero-order chi connectivity index (χ0) is 23.1. The van der Waals surface area contributed by atoms with E-state index in [0.29, 0.717) is 0 Å². The molecule has 1 amide bonds. The Kier molecular flexibility index (Phi) is 7.58. The number of likely N-dealkylation sites (tertiary alicyclic amines) is 1. The molecule has 4 nitrogen and oxygen atoms in total. The molecule has 33 heavy (non-hydrogen) atoms. The summed E-state index contributed by atoms with van der Waals surface area (Å²) in [5.41, 5.74) is 10.1. The second kappa shape index (κ2) is 10.8. The number of carbonyl (C=O) groups is 1. The Balaban J connectivity index is 1.51. The van der Waals surface area contributed by atoms with Crippen LogP contribution in [0.3, 0.4) is 0 Å². The number of carbonyl (C=O) groups excluding carboxylic acids is 1. The van der Waals surface area contributed by atoms with Crippen LogP contribution in [0.25, 0.3) is 0 Å². The van der Waals surface area contributed by atoms with E-state index in [-0.39, 0.29) is 11.8 Å². The van der Waals surface area contributed by atoms with Crippen LogP contribution < -0.4 is 11.1 Å². The molecule has 4 heteroatoms. The second-order valence-corrected chi connectivity index (χ2v) is 9.11. The van der Waals surface area contributed by atoms with Crippen molar-refractivity contribution in [3.8, 4) is 0 Å². The number of nitrogens with two attached hydrogens (primary N) is 1. The smallest absolute Gasteiger partial charge is 0.232 e. The number of likely N-dealkylation sites (N-methyl/N-ethyl adjacent to an activating group) is 1. The Bertz CT molecular complexity index is 978. The maximum absolute atomic E-state index is 13.2. The highest BCUT2D eigenvalue weighted by Gasteiger charge is 2.49. The molecule has 1 aliphatic rings. The van der Waals surface area contributed by atoms with Gasteiger partial charge in [0.15, 0.2) is 0 Å². The molecule has 0 radical (unpaired) electrons. The minimum Gasteiger partial charge on any atom is -0.369 e.